The number of hydrogen-bond donors (Lipinski definition) is 1. The quantitative estimate of drug-likeness (QED) is 0.724. The predicted octanol–water partition coefficient (Wildman–Crippen LogP) is 3.23. The fraction of sp³-hybridized carbons (Fsp3) is 0.524. The Balaban J connectivity index is 1.68. The van der Waals surface area contributed by atoms with Gasteiger partial charge in [-0.25, -0.2) is 4.98 Å². The Morgan fingerprint density at radius 1 is 1.22 bits per heavy atom. The SMILES string of the molecule is COc1ccc(C2(C(=O)NCCCn3cncc3C)CCCC2)cc1OC. The molecule has 0 bridgehead atoms. The molecule has 1 aromatic heterocycles. The van der Waals surface area contributed by atoms with Gasteiger partial charge in [0.25, 0.3) is 0 Å². The van der Waals surface area contributed by atoms with Crippen LogP contribution in [0.15, 0.2) is 30.7 Å². The zero-order chi connectivity index (χ0) is 19.3. The summed E-state index contributed by atoms with van der Waals surface area (Å²) >= 11 is 0. The van der Waals surface area contributed by atoms with E-state index in [1.54, 1.807) is 14.2 Å². The second-order valence-corrected chi connectivity index (χ2v) is 7.20. The predicted molar refractivity (Wildman–Crippen MR) is 104 cm³/mol. The molecule has 6 nitrogen and oxygen atoms in total. The lowest BCUT2D eigenvalue weighted by atomic mass is 9.77. The number of aryl methyl sites for hydroxylation is 2. The third-order valence-corrected chi connectivity index (χ3v) is 5.61. The van der Waals surface area contributed by atoms with Gasteiger partial charge in [0.15, 0.2) is 11.5 Å². The highest BCUT2D eigenvalue weighted by Gasteiger charge is 2.42. The number of methoxy groups -OCH3 is 2. The van der Waals surface area contributed by atoms with E-state index in [9.17, 15) is 4.79 Å². The fourth-order valence-corrected chi connectivity index (χ4v) is 4.00. The van der Waals surface area contributed by atoms with Crippen LogP contribution in [0.3, 0.4) is 0 Å². The minimum absolute atomic E-state index is 0.120. The van der Waals surface area contributed by atoms with Gasteiger partial charge in [0.05, 0.1) is 26.0 Å². The van der Waals surface area contributed by atoms with Gasteiger partial charge < -0.3 is 19.4 Å². The van der Waals surface area contributed by atoms with Gasteiger partial charge in [0.1, 0.15) is 0 Å². The van der Waals surface area contributed by atoms with E-state index in [0.717, 1.165) is 49.9 Å². The average molecular weight is 371 g/mol. The first-order chi connectivity index (χ1) is 13.1. The van der Waals surface area contributed by atoms with Crippen molar-refractivity contribution in [2.24, 2.45) is 0 Å². The van der Waals surface area contributed by atoms with Crippen LogP contribution in [0.2, 0.25) is 0 Å². The van der Waals surface area contributed by atoms with Crippen molar-refractivity contribution in [2.45, 2.75) is 51.0 Å². The number of nitrogens with zero attached hydrogens (tertiary/aromatic N) is 2. The average Bonchev–Trinajstić information content (AvgIpc) is 3.34. The van der Waals surface area contributed by atoms with E-state index in [0.29, 0.717) is 18.0 Å². The second kappa shape index (κ2) is 8.46. The summed E-state index contributed by atoms with van der Waals surface area (Å²) in [6.45, 7) is 3.55. The van der Waals surface area contributed by atoms with Gasteiger partial charge in [-0.15, -0.1) is 0 Å². The highest BCUT2D eigenvalue weighted by atomic mass is 16.5. The molecule has 1 aliphatic rings. The van der Waals surface area contributed by atoms with Gasteiger partial charge in [0.2, 0.25) is 5.91 Å². The molecule has 0 aliphatic heterocycles. The van der Waals surface area contributed by atoms with Gasteiger partial charge in [-0.3, -0.25) is 4.79 Å². The van der Waals surface area contributed by atoms with E-state index >= 15 is 0 Å². The Kier molecular flexibility index (Phi) is 6.04. The van der Waals surface area contributed by atoms with Gasteiger partial charge in [-0.2, -0.15) is 0 Å². The third-order valence-electron chi connectivity index (χ3n) is 5.61. The number of aromatic nitrogens is 2. The number of rotatable bonds is 8. The first-order valence-electron chi connectivity index (χ1n) is 9.58. The molecule has 1 aromatic carbocycles. The van der Waals surface area contributed by atoms with Crippen LogP contribution in [0.4, 0.5) is 0 Å². The van der Waals surface area contributed by atoms with Crippen LogP contribution in [-0.4, -0.2) is 36.2 Å². The van der Waals surface area contributed by atoms with E-state index in [-0.39, 0.29) is 5.91 Å². The molecule has 0 unspecified atom stereocenters. The van der Waals surface area contributed by atoms with E-state index in [4.69, 9.17) is 9.47 Å². The molecule has 146 valence electrons. The molecule has 2 aromatic rings. The summed E-state index contributed by atoms with van der Waals surface area (Å²) in [6.07, 6.45) is 8.43. The van der Waals surface area contributed by atoms with Crippen molar-refractivity contribution in [3.8, 4) is 11.5 Å². The number of hydrogen-bond acceptors (Lipinski definition) is 4. The summed E-state index contributed by atoms with van der Waals surface area (Å²) < 4.78 is 12.9. The van der Waals surface area contributed by atoms with Crippen molar-refractivity contribution in [3.63, 3.8) is 0 Å². The molecule has 27 heavy (non-hydrogen) atoms. The maximum atomic E-state index is 13.1. The normalized spacial score (nSPS) is 15.5. The Bertz CT molecular complexity index is 779. The molecular weight excluding hydrogens is 342 g/mol. The molecule has 1 amide bonds. The maximum Gasteiger partial charge on any atom is 0.230 e. The summed E-state index contributed by atoms with van der Waals surface area (Å²) in [6, 6.07) is 5.85. The van der Waals surface area contributed by atoms with Gasteiger partial charge in [-0.05, 0) is 43.9 Å². The molecule has 1 fully saturated rings. The maximum absolute atomic E-state index is 13.1. The largest absolute Gasteiger partial charge is 0.493 e. The summed E-state index contributed by atoms with van der Waals surface area (Å²) in [5, 5.41) is 3.17. The third kappa shape index (κ3) is 3.94. The molecule has 6 heteroatoms. The van der Waals surface area contributed by atoms with Crippen molar-refractivity contribution < 1.29 is 14.3 Å². The van der Waals surface area contributed by atoms with Crippen LogP contribution in [0.1, 0.15) is 43.4 Å². The molecule has 0 spiro atoms. The molecule has 1 heterocycles. The van der Waals surface area contributed by atoms with Crippen molar-refractivity contribution in [1.29, 1.82) is 0 Å². The summed E-state index contributed by atoms with van der Waals surface area (Å²) in [5.74, 6) is 1.48. The molecule has 0 saturated heterocycles. The van der Waals surface area contributed by atoms with Gasteiger partial charge in [0, 0.05) is 25.0 Å². The lowest BCUT2D eigenvalue weighted by molar-refractivity contribution is -0.126. The van der Waals surface area contributed by atoms with Gasteiger partial charge >= 0.3 is 0 Å². The molecule has 0 atom stereocenters. The molecule has 1 aliphatic carbocycles. The zero-order valence-electron chi connectivity index (χ0n) is 16.5. The van der Waals surface area contributed by atoms with Crippen LogP contribution in [0.5, 0.6) is 11.5 Å². The minimum atomic E-state index is -0.468. The number of amides is 1. The highest BCUT2D eigenvalue weighted by molar-refractivity contribution is 5.88. The molecule has 1 saturated carbocycles. The summed E-state index contributed by atoms with van der Waals surface area (Å²) in [4.78, 5) is 17.3. The van der Waals surface area contributed by atoms with E-state index in [2.05, 4.69) is 14.9 Å². The van der Waals surface area contributed by atoms with E-state index in [1.165, 1.54) is 0 Å². The molecular formula is C21H29N3O3. The van der Waals surface area contributed by atoms with Crippen molar-refractivity contribution in [3.05, 3.63) is 42.0 Å². The Labute approximate surface area is 160 Å². The molecule has 1 N–H and O–H groups in total. The first-order valence-corrected chi connectivity index (χ1v) is 9.58. The van der Waals surface area contributed by atoms with Crippen LogP contribution < -0.4 is 14.8 Å². The number of nitrogens with one attached hydrogen (secondary N) is 1. The van der Waals surface area contributed by atoms with E-state index < -0.39 is 5.41 Å². The fourth-order valence-electron chi connectivity index (χ4n) is 4.00. The van der Waals surface area contributed by atoms with Crippen LogP contribution in [-0.2, 0) is 16.8 Å². The van der Waals surface area contributed by atoms with Crippen LogP contribution in [0, 0.1) is 6.92 Å². The van der Waals surface area contributed by atoms with Crippen LogP contribution >= 0.6 is 0 Å². The standard InChI is InChI=1S/C21H29N3O3/c1-16-14-22-15-24(16)12-6-11-23-20(25)21(9-4-5-10-21)17-7-8-18(26-2)19(13-17)27-3/h7-8,13-15H,4-6,9-12H2,1-3H3,(H,23,25). The number of imidazole rings is 1. The van der Waals surface area contributed by atoms with Crippen molar-refractivity contribution in [1.82, 2.24) is 14.9 Å². The monoisotopic (exact) mass is 371 g/mol. The smallest absolute Gasteiger partial charge is 0.230 e. The van der Waals surface area contributed by atoms with Gasteiger partial charge in [-0.1, -0.05) is 18.9 Å². The summed E-state index contributed by atoms with van der Waals surface area (Å²) in [5.41, 5.74) is 1.68. The Hall–Kier alpha value is -2.50. The molecule has 3 rings (SSSR count). The van der Waals surface area contributed by atoms with Crippen molar-refractivity contribution in [2.75, 3.05) is 20.8 Å². The zero-order valence-corrected chi connectivity index (χ0v) is 16.5. The minimum Gasteiger partial charge on any atom is -0.493 e. The molecule has 0 radical (unpaired) electrons. The highest BCUT2D eigenvalue weighted by Crippen LogP contribution is 2.43. The first kappa shape index (κ1) is 19.3. The Morgan fingerprint density at radius 2 is 1.96 bits per heavy atom. The van der Waals surface area contributed by atoms with Crippen LogP contribution in [0.25, 0.3) is 0 Å². The number of carbonyl (C=O) groups excluding carboxylic acids is 1. The lowest BCUT2D eigenvalue weighted by Gasteiger charge is -2.29. The number of ether oxygens (including phenoxy) is 2. The second-order valence-electron chi connectivity index (χ2n) is 7.20. The van der Waals surface area contributed by atoms with Crippen molar-refractivity contribution >= 4 is 5.91 Å². The number of benzene rings is 1. The topological polar surface area (TPSA) is 65.4 Å². The number of carbonyl (C=O) groups is 1. The Morgan fingerprint density at radius 3 is 2.59 bits per heavy atom. The van der Waals surface area contributed by atoms with E-state index in [1.807, 2.05) is 37.6 Å². The summed E-state index contributed by atoms with van der Waals surface area (Å²) in [7, 11) is 3.25. The lowest BCUT2D eigenvalue weighted by Crippen LogP contribution is -2.43.